The summed E-state index contributed by atoms with van der Waals surface area (Å²) in [6.45, 7) is 3.05. The van der Waals surface area contributed by atoms with Gasteiger partial charge in [-0.2, -0.15) is 0 Å². The van der Waals surface area contributed by atoms with Gasteiger partial charge >= 0.3 is 0 Å². The Hall–Kier alpha value is -1.35. The fourth-order valence-corrected chi connectivity index (χ4v) is 1.77. The SMILES string of the molecule is CCCCCNC(C(=O)NC)c1ccccc1. The van der Waals surface area contributed by atoms with Crippen LogP contribution in [0.1, 0.15) is 37.8 Å². The molecule has 0 bridgehead atoms. The summed E-state index contributed by atoms with van der Waals surface area (Å²) < 4.78 is 0. The highest BCUT2D eigenvalue weighted by Crippen LogP contribution is 2.12. The monoisotopic (exact) mass is 234 g/mol. The van der Waals surface area contributed by atoms with Crippen molar-refractivity contribution in [3.63, 3.8) is 0 Å². The fraction of sp³-hybridized carbons (Fsp3) is 0.500. The molecular formula is C14H22N2O. The average molecular weight is 234 g/mol. The van der Waals surface area contributed by atoms with Crippen LogP contribution in [0.3, 0.4) is 0 Å². The number of rotatable bonds is 7. The molecule has 0 spiro atoms. The number of carbonyl (C=O) groups is 1. The number of unbranched alkanes of at least 4 members (excludes halogenated alkanes) is 2. The van der Waals surface area contributed by atoms with Gasteiger partial charge < -0.3 is 10.6 Å². The molecule has 0 aliphatic rings. The Morgan fingerprint density at radius 2 is 1.94 bits per heavy atom. The smallest absolute Gasteiger partial charge is 0.241 e. The van der Waals surface area contributed by atoms with E-state index >= 15 is 0 Å². The Bertz CT molecular complexity index is 324. The summed E-state index contributed by atoms with van der Waals surface area (Å²) in [6, 6.07) is 9.59. The van der Waals surface area contributed by atoms with Gasteiger partial charge in [-0.05, 0) is 18.5 Å². The molecular weight excluding hydrogens is 212 g/mol. The molecule has 0 aliphatic carbocycles. The number of hydrogen-bond donors (Lipinski definition) is 2. The third kappa shape index (κ3) is 4.57. The molecule has 0 radical (unpaired) electrons. The topological polar surface area (TPSA) is 41.1 Å². The second-order valence-corrected chi connectivity index (χ2v) is 4.12. The number of nitrogens with one attached hydrogen (secondary N) is 2. The molecule has 0 saturated heterocycles. The molecule has 1 atom stereocenters. The van der Waals surface area contributed by atoms with E-state index in [2.05, 4.69) is 17.6 Å². The number of benzene rings is 1. The zero-order chi connectivity index (χ0) is 12.5. The number of likely N-dealkylation sites (N-methyl/N-ethyl adjacent to an activating group) is 1. The molecule has 3 nitrogen and oxygen atoms in total. The van der Waals surface area contributed by atoms with Gasteiger partial charge in [-0.15, -0.1) is 0 Å². The van der Waals surface area contributed by atoms with Crippen LogP contribution >= 0.6 is 0 Å². The number of amides is 1. The Morgan fingerprint density at radius 1 is 1.24 bits per heavy atom. The molecule has 1 rings (SSSR count). The minimum Gasteiger partial charge on any atom is -0.358 e. The molecule has 1 aromatic rings. The van der Waals surface area contributed by atoms with Crippen molar-refractivity contribution in [2.24, 2.45) is 0 Å². The van der Waals surface area contributed by atoms with E-state index in [4.69, 9.17) is 0 Å². The minimum atomic E-state index is -0.238. The normalized spacial score (nSPS) is 12.1. The van der Waals surface area contributed by atoms with Gasteiger partial charge in [0.05, 0.1) is 0 Å². The molecule has 0 saturated carbocycles. The van der Waals surface area contributed by atoms with E-state index in [0.29, 0.717) is 0 Å². The Morgan fingerprint density at radius 3 is 2.53 bits per heavy atom. The summed E-state index contributed by atoms with van der Waals surface area (Å²) >= 11 is 0. The van der Waals surface area contributed by atoms with Crippen molar-refractivity contribution in [3.8, 4) is 0 Å². The number of carbonyl (C=O) groups excluding carboxylic acids is 1. The molecule has 3 heteroatoms. The van der Waals surface area contributed by atoms with Crippen molar-refractivity contribution < 1.29 is 4.79 Å². The van der Waals surface area contributed by atoms with Gasteiger partial charge in [-0.25, -0.2) is 0 Å². The highest BCUT2D eigenvalue weighted by molar-refractivity contribution is 5.82. The molecule has 0 fully saturated rings. The highest BCUT2D eigenvalue weighted by Gasteiger charge is 2.17. The summed E-state index contributed by atoms with van der Waals surface area (Å²) in [4.78, 5) is 11.8. The second-order valence-electron chi connectivity index (χ2n) is 4.12. The summed E-state index contributed by atoms with van der Waals surface area (Å²) in [5.74, 6) is 0.0210. The lowest BCUT2D eigenvalue weighted by Crippen LogP contribution is -2.36. The van der Waals surface area contributed by atoms with Gasteiger partial charge in [-0.1, -0.05) is 50.1 Å². The van der Waals surface area contributed by atoms with E-state index in [9.17, 15) is 4.79 Å². The Labute approximate surface area is 104 Å². The second kappa shape index (κ2) is 7.85. The largest absolute Gasteiger partial charge is 0.358 e. The maximum atomic E-state index is 11.8. The molecule has 0 aliphatic heterocycles. The van der Waals surface area contributed by atoms with Crippen molar-refractivity contribution in [1.82, 2.24) is 10.6 Å². The Kier molecular flexibility index (Phi) is 6.33. The maximum absolute atomic E-state index is 11.8. The maximum Gasteiger partial charge on any atom is 0.241 e. The molecule has 1 amide bonds. The van der Waals surface area contributed by atoms with E-state index < -0.39 is 0 Å². The first-order valence-corrected chi connectivity index (χ1v) is 6.29. The lowest BCUT2D eigenvalue weighted by Gasteiger charge is -2.17. The third-order valence-corrected chi connectivity index (χ3v) is 2.77. The molecule has 2 N–H and O–H groups in total. The quantitative estimate of drug-likeness (QED) is 0.710. The summed E-state index contributed by atoms with van der Waals surface area (Å²) in [7, 11) is 1.67. The predicted octanol–water partition coefficient (Wildman–Crippen LogP) is 2.25. The first-order chi connectivity index (χ1) is 8.29. The summed E-state index contributed by atoms with van der Waals surface area (Å²) in [5.41, 5.74) is 1.02. The third-order valence-electron chi connectivity index (χ3n) is 2.77. The van der Waals surface area contributed by atoms with Crippen LogP contribution in [0.15, 0.2) is 30.3 Å². The molecule has 94 valence electrons. The lowest BCUT2D eigenvalue weighted by atomic mass is 10.1. The van der Waals surface area contributed by atoms with Crippen molar-refractivity contribution in [1.29, 1.82) is 0 Å². The fourth-order valence-electron chi connectivity index (χ4n) is 1.77. The molecule has 17 heavy (non-hydrogen) atoms. The Balaban J connectivity index is 2.59. The van der Waals surface area contributed by atoms with Crippen LogP contribution in [0, 0.1) is 0 Å². The van der Waals surface area contributed by atoms with Gasteiger partial charge in [0.15, 0.2) is 0 Å². The van der Waals surface area contributed by atoms with Crippen LogP contribution in [-0.2, 0) is 4.79 Å². The van der Waals surface area contributed by atoms with E-state index in [-0.39, 0.29) is 11.9 Å². The van der Waals surface area contributed by atoms with Crippen LogP contribution in [0.4, 0.5) is 0 Å². The van der Waals surface area contributed by atoms with Crippen molar-refractivity contribution in [3.05, 3.63) is 35.9 Å². The van der Waals surface area contributed by atoms with E-state index in [1.165, 1.54) is 12.8 Å². The minimum absolute atomic E-state index is 0.0210. The lowest BCUT2D eigenvalue weighted by molar-refractivity contribution is -0.122. The van der Waals surface area contributed by atoms with Crippen molar-refractivity contribution in [2.45, 2.75) is 32.2 Å². The highest BCUT2D eigenvalue weighted by atomic mass is 16.2. The van der Waals surface area contributed by atoms with E-state index in [0.717, 1.165) is 18.5 Å². The molecule has 0 heterocycles. The number of hydrogen-bond acceptors (Lipinski definition) is 2. The van der Waals surface area contributed by atoms with Gasteiger partial charge in [0.1, 0.15) is 6.04 Å². The predicted molar refractivity (Wildman–Crippen MR) is 70.8 cm³/mol. The standard InChI is InChI=1S/C14H22N2O/c1-3-4-8-11-16-13(14(17)15-2)12-9-6-5-7-10-12/h5-7,9-10,13,16H,3-4,8,11H2,1-2H3,(H,15,17). The first kappa shape index (κ1) is 13.7. The van der Waals surface area contributed by atoms with Crippen LogP contribution in [0.25, 0.3) is 0 Å². The first-order valence-electron chi connectivity index (χ1n) is 6.29. The molecule has 0 aromatic heterocycles. The van der Waals surface area contributed by atoms with Gasteiger partial charge in [0.2, 0.25) is 5.91 Å². The van der Waals surface area contributed by atoms with Crippen LogP contribution in [0.2, 0.25) is 0 Å². The zero-order valence-corrected chi connectivity index (χ0v) is 10.7. The van der Waals surface area contributed by atoms with Crippen LogP contribution in [0.5, 0.6) is 0 Å². The van der Waals surface area contributed by atoms with Crippen molar-refractivity contribution in [2.75, 3.05) is 13.6 Å². The van der Waals surface area contributed by atoms with Crippen molar-refractivity contribution >= 4 is 5.91 Å². The summed E-state index contributed by atoms with van der Waals surface area (Å²) in [5, 5.41) is 6.01. The van der Waals surface area contributed by atoms with Crippen LogP contribution in [-0.4, -0.2) is 19.5 Å². The van der Waals surface area contributed by atoms with Gasteiger partial charge in [0, 0.05) is 7.05 Å². The van der Waals surface area contributed by atoms with Gasteiger partial charge in [0.25, 0.3) is 0 Å². The van der Waals surface area contributed by atoms with E-state index in [1.807, 2.05) is 30.3 Å². The van der Waals surface area contributed by atoms with E-state index in [1.54, 1.807) is 7.05 Å². The summed E-state index contributed by atoms with van der Waals surface area (Å²) in [6.07, 6.45) is 3.50. The van der Waals surface area contributed by atoms with Gasteiger partial charge in [-0.3, -0.25) is 4.79 Å². The average Bonchev–Trinajstić information content (AvgIpc) is 2.39. The zero-order valence-electron chi connectivity index (χ0n) is 10.7. The molecule has 1 aromatic carbocycles. The molecule has 1 unspecified atom stereocenters. The van der Waals surface area contributed by atoms with Crippen LogP contribution < -0.4 is 10.6 Å².